The van der Waals surface area contributed by atoms with Gasteiger partial charge in [0.2, 0.25) is 0 Å². The Balaban J connectivity index is 1.25. The molecule has 0 aliphatic heterocycles. The lowest BCUT2D eigenvalue weighted by molar-refractivity contribution is 0.786. The third-order valence-corrected chi connectivity index (χ3v) is 9.12. The maximum absolute atomic E-state index is 5.03. The predicted molar refractivity (Wildman–Crippen MR) is 155 cm³/mol. The van der Waals surface area contributed by atoms with Crippen LogP contribution in [0.25, 0.3) is 44.4 Å². The largest absolute Gasteiger partial charge is 0.345 e. The molecule has 0 fully saturated rings. The lowest BCUT2D eigenvalue weighted by Crippen LogP contribution is -2.12. The van der Waals surface area contributed by atoms with Crippen LogP contribution in [0, 0.1) is 0 Å². The number of hydrogen-bond acceptors (Lipinski definition) is 2. The van der Waals surface area contributed by atoms with Crippen molar-refractivity contribution >= 4 is 10.8 Å². The van der Waals surface area contributed by atoms with E-state index in [1.54, 1.807) is 5.56 Å². The summed E-state index contributed by atoms with van der Waals surface area (Å²) < 4.78 is 0. The molecule has 8 rings (SSSR count). The number of aromatic amines is 2. The summed E-state index contributed by atoms with van der Waals surface area (Å²) >= 11 is 0. The summed E-state index contributed by atoms with van der Waals surface area (Å²) in [6, 6.07) is 14.5. The highest BCUT2D eigenvalue weighted by Gasteiger charge is 2.28. The van der Waals surface area contributed by atoms with Crippen LogP contribution >= 0.6 is 0 Å². The van der Waals surface area contributed by atoms with Crippen molar-refractivity contribution in [2.75, 3.05) is 0 Å². The number of hydrogen-bond donors (Lipinski definition) is 2. The Kier molecular flexibility index (Phi) is 4.66. The first kappa shape index (κ1) is 22.3. The quantitative estimate of drug-likeness (QED) is 0.261. The summed E-state index contributed by atoms with van der Waals surface area (Å²) in [6.45, 7) is 8.85. The summed E-state index contributed by atoms with van der Waals surface area (Å²) in [7, 11) is 0. The normalized spacial score (nSPS) is 15.2. The van der Waals surface area contributed by atoms with Gasteiger partial charge in [-0.2, -0.15) is 0 Å². The van der Waals surface area contributed by atoms with Gasteiger partial charge in [0.1, 0.15) is 11.6 Å². The second kappa shape index (κ2) is 7.92. The number of rotatable bonds is 2. The van der Waals surface area contributed by atoms with Crippen LogP contribution in [0.1, 0.15) is 84.8 Å². The van der Waals surface area contributed by atoms with E-state index in [1.165, 1.54) is 72.5 Å². The van der Waals surface area contributed by atoms with Gasteiger partial charge in [-0.05, 0) is 94.8 Å². The number of benzene rings is 3. The molecule has 2 heterocycles. The minimum atomic E-state index is 0.416. The van der Waals surface area contributed by atoms with E-state index >= 15 is 0 Å². The van der Waals surface area contributed by atoms with E-state index in [4.69, 9.17) is 9.97 Å². The summed E-state index contributed by atoms with van der Waals surface area (Å²) in [6.07, 6.45) is 6.49. The Morgan fingerprint density at radius 2 is 1.05 bits per heavy atom. The molecule has 3 aromatic carbocycles. The van der Waals surface area contributed by atoms with Crippen molar-refractivity contribution in [3.8, 4) is 33.6 Å². The van der Waals surface area contributed by atoms with E-state index in [2.05, 4.69) is 74.1 Å². The van der Waals surface area contributed by atoms with Gasteiger partial charge in [-0.1, -0.05) is 52.0 Å². The topological polar surface area (TPSA) is 57.4 Å². The molecule has 38 heavy (non-hydrogen) atoms. The highest BCUT2D eigenvalue weighted by Crippen LogP contribution is 2.44. The maximum atomic E-state index is 5.03. The number of aromatic nitrogens is 4. The van der Waals surface area contributed by atoms with Gasteiger partial charge >= 0.3 is 0 Å². The van der Waals surface area contributed by atoms with E-state index < -0.39 is 0 Å². The van der Waals surface area contributed by atoms with Crippen LogP contribution in [0.4, 0.5) is 0 Å². The fraction of sp³-hybridized carbons (Fsp3) is 0.353. The molecule has 4 heteroatoms. The van der Waals surface area contributed by atoms with Gasteiger partial charge in [-0.15, -0.1) is 0 Å². The van der Waals surface area contributed by atoms with Crippen LogP contribution in [0.15, 0.2) is 36.4 Å². The number of imidazole rings is 2. The molecule has 3 aliphatic carbocycles. The number of H-pyrrole nitrogens is 2. The first-order valence-electron chi connectivity index (χ1n) is 14.4. The van der Waals surface area contributed by atoms with Gasteiger partial charge in [0.15, 0.2) is 0 Å². The molecule has 0 bridgehead atoms. The van der Waals surface area contributed by atoms with E-state index in [1.807, 2.05) is 0 Å². The molecule has 4 nitrogen and oxygen atoms in total. The Morgan fingerprint density at radius 3 is 1.74 bits per heavy atom. The zero-order chi connectivity index (χ0) is 25.7. The molecule has 190 valence electrons. The monoisotopic (exact) mass is 498 g/mol. The van der Waals surface area contributed by atoms with Crippen LogP contribution < -0.4 is 0 Å². The summed E-state index contributed by atoms with van der Waals surface area (Å²) in [4.78, 5) is 17.3. The van der Waals surface area contributed by atoms with E-state index in [0.717, 1.165) is 50.2 Å². The molecule has 0 saturated heterocycles. The number of nitrogens with one attached hydrogen (secondary N) is 2. The molecule has 0 unspecified atom stereocenters. The number of aryl methyl sites for hydroxylation is 4. The van der Waals surface area contributed by atoms with Crippen molar-refractivity contribution in [3.63, 3.8) is 0 Å². The van der Waals surface area contributed by atoms with Gasteiger partial charge in [0, 0.05) is 34.4 Å². The minimum absolute atomic E-state index is 0.416. The van der Waals surface area contributed by atoms with Crippen LogP contribution in [-0.4, -0.2) is 19.9 Å². The lowest BCUT2D eigenvalue weighted by Gasteiger charge is -2.27. The zero-order valence-electron chi connectivity index (χ0n) is 22.8. The molecule has 0 radical (unpaired) electrons. The summed E-state index contributed by atoms with van der Waals surface area (Å²) in [5, 5.41) is 2.69. The van der Waals surface area contributed by atoms with E-state index in [-0.39, 0.29) is 0 Å². The van der Waals surface area contributed by atoms with Crippen molar-refractivity contribution in [2.24, 2.45) is 0 Å². The Morgan fingerprint density at radius 1 is 0.553 bits per heavy atom. The van der Waals surface area contributed by atoms with E-state index in [0.29, 0.717) is 11.8 Å². The summed E-state index contributed by atoms with van der Waals surface area (Å²) in [5.41, 5.74) is 16.5. The van der Waals surface area contributed by atoms with Crippen molar-refractivity contribution in [2.45, 2.75) is 78.1 Å². The van der Waals surface area contributed by atoms with Gasteiger partial charge in [0.05, 0.1) is 11.4 Å². The Bertz CT molecular complexity index is 1780. The van der Waals surface area contributed by atoms with Crippen LogP contribution in [0.5, 0.6) is 0 Å². The van der Waals surface area contributed by atoms with Crippen molar-refractivity contribution < 1.29 is 0 Å². The smallest absolute Gasteiger partial charge is 0.109 e. The van der Waals surface area contributed by atoms with Gasteiger partial charge in [0.25, 0.3) is 0 Å². The molecule has 5 aromatic rings. The number of fused-ring (bicyclic) bond motifs is 11. The molecular formula is C34H34N4. The van der Waals surface area contributed by atoms with Gasteiger partial charge < -0.3 is 9.97 Å². The van der Waals surface area contributed by atoms with Crippen LogP contribution in [-0.2, 0) is 38.5 Å². The Hall–Kier alpha value is -3.66. The first-order valence-corrected chi connectivity index (χ1v) is 14.4. The Labute approximate surface area is 224 Å². The average molecular weight is 499 g/mol. The van der Waals surface area contributed by atoms with Crippen molar-refractivity contribution in [1.82, 2.24) is 19.9 Å². The van der Waals surface area contributed by atoms with Crippen molar-refractivity contribution in [1.29, 1.82) is 0 Å². The van der Waals surface area contributed by atoms with Gasteiger partial charge in [-0.3, -0.25) is 0 Å². The number of nitrogens with zero attached hydrogens (tertiary/aromatic N) is 2. The third kappa shape index (κ3) is 3.15. The second-order valence-electron chi connectivity index (χ2n) is 12.2. The maximum Gasteiger partial charge on any atom is 0.109 e. The highest BCUT2D eigenvalue weighted by atomic mass is 15.0. The fourth-order valence-corrected chi connectivity index (χ4v) is 7.05. The molecule has 0 spiro atoms. The predicted octanol–water partition coefficient (Wildman–Crippen LogP) is 7.83. The summed E-state index contributed by atoms with van der Waals surface area (Å²) in [5.74, 6) is 3.06. The molecule has 2 aromatic heterocycles. The fourth-order valence-electron chi connectivity index (χ4n) is 7.05. The van der Waals surface area contributed by atoms with Crippen molar-refractivity contribution in [3.05, 3.63) is 81.7 Å². The second-order valence-corrected chi connectivity index (χ2v) is 12.2. The lowest BCUT2D eigenvalue weighted by atomic mass is 9.77. The third-order valence-electron chi connectivity index (χ3n) is 9.12. The zero-order valence-corrected chi connectivity index (χ0v) is 22.8. The molecule has 0 atom stereocenters. The van der Waals surface area contributed by atoms with Gasteiger partial charge in [-0.25, -0.2) is 9.97 Å². The highest BCUT2D eigenvalue weighted by molar-refractivity contribution is 5.95. The molecular weight excluding hydrogens is 464 g/mol. The molecule has 0 amide bonds. The molecule has 2 N–H and O–H groups in total. The molecule has 0 saturated carbocycles. The SMILES string of the molecule is CC(C)c1nc2c([nH]1)CCc1cc3cc4c(cc3cc1-2)CCc1c-4ccc2c1CCc1[nH]c(C(C)C)nc1-2. The molecule has 3 aliphatic rings. The van der Waals surface area contributed by atoms with Crippen LogP contribution in [0.2, 0.25) is 0 Å². The standard InChI is InChI=1S/C34H34N4/c1-17(2)33-36-30-12-10-24-23-7-5-19-13-22-16-28-20(6-11-29-32(28)38-34(35-29)18(3)4)14-21(22)15-27(19)25(23)8-9-26(24)31(30)37-33/h8-9,13-18H,5-7,10-12H2,1-4H3,(H,35,38)(H,36,37). The minimum Gasteiger partial charge on any atom is -0.345 e. The van der Waals surface area contributed by atoms with Crippen LogP contribution in [0.3, 0.4) is 0 Å². The van der Waals surface area contributed by atoms with E-state index in [9.17, 15) is 0 Å². The first-order chi connectivity index (χ1) is 18.4. The average Bonchev–Trinajstić information content (AvgIpc) is 3.56.